The maximum Gasteiger partial charge on any atom is 0.0703 e. The molecule has 1 aliphatic rings. The molecule has 3 heteroatoms. The molecule has 0 saturated heterocycles. The van der Waals surface area contributed by atoms with Crippen molar-refractivity contribution in [1.82, 2.24) is 5.32 Å². The van der Waals surface area contributed by atoms with E-state index in [1.165, 1.54) is 38.5 Å². The summed E-state index contributed by atoms with van der Waals surface area (Å²) in [7, 11) is 0. The van der Waals surface area contributed by atoms with Gasteiger partial charge in [-0.3, -0.25) is 0 Å². The second-order valence-electron chi connectivity index (χ2n) is 5.95. The molecular weight excluding hydrogens is 238 g/mol. The lowest BCUT2D eigenvalue weighted by Crippen LogP contribution is -2.41. The number of ether oxygens (including phenoxy) is 2. The molecule has 19 heavy (non-hydrogen) atoms. The van der Waals surface area contributed by atoms with Gasteiger partial charge in [0, 0.05) is 6.04 Å². The van der Waals surface area contributed by atoms with Crippen molar-refractivity contribution in [3.63, 3.8) is 0 Å². The van der Waals surface area contributed by atoms with Crippen molar-refractivity contribution in [2.75, 3.05) is 26.4 Å². The van der Waals surface area contributed by atoms with Gasteiger partial charge in [-0.1, -0.05) is 26.2 Å². The molecule has 0 aromatic carbocycles. The molecule has 1 aliphatic carbocycles. The van der Waals surface area contributed by atoms with Gasteiger partial charge in [0.2, 0.25) is 0 Å². The lowest BCUT2D eigenvalue weighted by Gasteiger charge is -2.31. The SMILES string of the molecule is CCCNC(COCCOC(C)C)C1CCCCC1. The maximum atomic E-state index is 5.81. The maximum absolute atomic E-state index is 5.81. The highest BCUT2D eigenvalue weighted by Gasteiger charge is 2.23. The minimum atomic E-state index is 0.302. The van der Waals surface area contributed by atoms with Gasteiger partial charge in [0.1, 0.15) is 0 Å². The van der Waals surface area contributed by atoms with Gasteiger partial charge in [0.15, 0.2) is 0 Å². The van der Waals surface area contributed by atoms with Crippen LogP contribution in [0.5, 0.6) is 0 Å². The van der Waals surface area contributed by atoms with Crippen molar-refractivity contribution in [2.24, 2.45) is 5.92 Å². The predicted octanol–water partition coefficient (Wildman–Crippen LogP) is 3.38. The quantitative estimate of drug-likeness (QED) is 0.618. The summed E-state index contributed by atoms with van der Waals surface area (Å²) >= 11 is 0. The molecule has 1 N–H and O–H groups in total. The van der Waals surface area contributed by atoms with Crippen LogP contribution in [-0.2, 0) is 9.47 Å². The fraction of sp³-hybridized carbons (Fsp3) is 1.00. The Morgan fingerprint density at radius 1 is 1.11 bits per heavy atom. The Balaban J connectivity index is 2.20. The molecular formula is C16H33NO2. The van der Waals surface area contributed by atoms with E-state index in [1.54, 1.807) is 0 Å². The van der Waals surface area contributed by atoms with E-state index in [4.69, 9.17) is 9.47 Å². The van der Waals surface area contributed by atoms with Crippen LogP contribution in [0.15, 0.2) is 0 Å². The van der Waals surface area contributed by atoms with Crippen molar-refractivity contribution in [1.29, 1.82) is 0 Å². The second kappa shape index (κ2) is 10.6. The molecule has 114 valence electrons. The van der Waals surface area contributed by atoms with E-state index in [2.05, 4.69) is 26.1 Å². The monoisotopic (exact) mass is 271 g/mol. The van der Waals surface area contributed by atoms with Crippen molar-refractivity contribution < 1.29 is 9.47 Å². The van der Waals surface area contributed by atoms with Crippen LogP contribution >= 0.6 is 0 Å². The van der Waals surface area contributed by atoms with Gasteiger partial charge in [0.25, 0.3) is 0 Å². The summed E-state index contributed by atoms with van der Waals surface area (Å²) in [6.07, 6.45) is 8.44. The Morgan fingerprint density at radius 3 is 2.47 bits per heavy atom. The third kappa shape index (κ3) is 7.91. The smallest absolute Gasteiger partial charge is 0.0703 e. The van der Waals surface area contributed by atoms with Gasteiger partial charge in [-0.15, -0.1) is 0 Å². The lowest BCUT2D eigenvalue weighted by atomic mass is 9.84. The number of hydrogen-bond acceptors (Lipinski definition) is 3. The average molecular weight is 271 g/mol. The van der Waals surface area contributed by atoms with Crippen molar-refractivity contribution in [3.05, 3.63) is 0 Å². The van der Waals surface area contributed by atoms with Crippen LogP contribution in [0.3, 0.4) is 0 Å². The van der Waals surface area contributed by atoms with Crippen LogP contribution in [0.25, 0.3) is 0 Å². The Morgan fingerprint density at radius 2 is 1.84 bits per heavy atom. The van der Waals surface area contributed by atoms with Gasteiger partial charge in [-0.05, 0) is 45.6 Å². The molecule has 1 atom stereocenters. The first-order valence-corrected chi connectivity index (χ1v) is 8.16. The fourth-order valence-electron chi connectivity index (χ4n) is 2.78. The summed E-state index contributed by atoms with van der Waals surface area (Å²) < 4.78 is 11.3. The van der Waals surface area contributed by atoms with E-state index in [0.717, 1.165) is 25.7 Å². The van der Waals surface area contributed by atoms with Gasteiger partial charge < -0.3 is 14.8 Å². The van der Waals surface area contributed by atoms with Gasteiger partial charge >= 0.3 is 0 Å². The first kappa shape index (κ1) is 16.9. The topological polar surface area (TPSA) is 30.5 Å². The molecule has 0 aliphatic heterocycles. The average Bonchev–Trinajstić information content (AvgIpc) is 2.42. The molecule has 1 fully saturated rings. The summed E-state index contributed by atoms with van der Waals surface area (Å²) in [4.78, 5) is 0. The predicted molar refractivity (Wildman–Crippen MR) is 80.6 cm³/mol. The molecule has 1 rings (SSSR count). The first-order valence-electron chi connectivity index (χ1n) is 8.16. The van der Waals surface area contributed by atoms with Crippen LogP contribution in [0.1, 0.15) is 59.3 Å². The summed E-state index contributed by atoms with van der Waals surface area (Å²) in [5.41, 5.74) is 0. The van der Waals surface area contributed by atoms with Gasteiger partial charge in [0.05, 0.1) is 25.9 Å². The van der Waals surface area contributed by atoms with Crippen LogP contribution in [0.4, 0.5) is 0 Å². The number of rotatable bonds is 10. The highest BCUT2D eigenvalue weighted by molar-refractivity contribution is 4.79. The van der Waals surface area contributed by atoms with Crippen molar-refractivity contribution in [3.8, 4) is 0 Å². The zero-order chi connectivity index (χ0) is 13.9. The lowest BCUT2D eigenvalue weighted by molar-refractivity contribution is 0.00750. The molecule has 0 amide bonds. The standard InChI is InChI=1S/C16H33NO2/c1-4-10-17-16(15-8-6-5-7-9-15)13-18-11-12-19-14(2)3/h14-17H,4-13H2,1-3H3. The molecule has 1 saturated carbocycles. The van der Waals surface area contributed by atoms with E-state index in [0.29, 0.717) is 18.8 Å². The Labute approximate surface area is 119 Å². The summed E-state index contributed by atoms with van der Waals surface area (Å²) in [5.74, 6) is 0.811. The zero-order valence-corrected chi connectivity index (χ0v) is 13.1. The minimum absolute atomic E-state index is 0.302. The van der Waals surface area contributed by atoms with Crippen LogP contribution in [0.2, 0.25) is 0 Å². The van der Waals surface area contributed by atoms with Crippen molar-refractivity contribution >= 4 is 0 Å². The van der Waals surface area contributed by atoms with Crippen molar-refractivity contribution in [2.45, 2.75) is 71.4 Å². The first-order chi connectivity index (χ1) is 9.24. The largest absolute Gasteiger partial charge is 0.377 e. The zero-order valence-electron chi connectivity index (χ0n) is 13.1. The Kier molecular flexibility index (Phi) is 9.48. The third-order valence-corrected chi connectivity index (χ3v) is 3.85. The van der Waals surface area contributed by atoms with E-state index in [1.807, 2.05) is 0 Å². The fourth-order valence-corrected chi connectivity index (χ4v) is 2.78. The molecule has 0 spiro atoms. The van der Waals surface area contributed by atoms with Crippen LogP contribution in [0, 0.1) is 5.92 Å². The molecule has 0 heterocycles. The molecule has 0 radical (unpaired) electrons. The number of hydrogen-bond donors (Lipinski definition) is 1. The Bertz CT molecular complexity index is 203. The molecule has 3 nitrogen and oxygen atoms in total. The number of nitrogens with one attached hydrogen (secondary N) is 1. The molecule has 1 unspecified atom stereocenters. The molecule has 0 aromatic heterocycles. The van der Waals surface area contributed by atoms with Gasteiger partial charge in [-0.2, -0.15) is 0 Å². The molecule has 0 aromatic rings. The highest BCUT2D eigenvalue weighted by atomic mass is 16.5. The second-order valence-corrected chi connectivity index (χ2v) is 5.95. The third-order valence-electron chi connectivity index (χ3n) is 3.85. The normalized spacial score (nSPS) is 18.9. The van der Waals surface area contributed by atoms with E-state index in [-0.39, 0.29) is 0 Å². The Hall–Kier alpha value is -0.120. The van der Waals surface area contributed by atoms with E-state index in [9.17, 15) is 0 Å². The minimum Gasteiger partial charge on any atom is -0.377 e. The van der Waals surface area contributed by atoms with E-state index >= 15 is 0 Å². The summed E-state index contributed by atoms with van der Waals surface area (Å²) in [6.45, 7) is 9.72. The van der Waals surface area contributed by atoms with Gasteiger partial charge in [-0.25, -0.2) is 0 Å². The summed E-state index contributed by atoms with van der Waals surface area (Å²) in [6, 6.07) is 0.541. The van der Waals surface area contributed by atoms with Crippen LogP contribution < -0.4 is 5.32 Å². The summed E-state index contributed by atoms with van der Waals surface area (Å²) in [5, 5.41) is 3.67. The molecule has 0 bridgehead atoms. The van der Waals surface area contributed by atoms with E-state index < -0.39 is 0 Å². The van der Waals surface area contributed by atoms with Crippen LogP contribution in [-0.4, -0.2) is 38.5 Å². The highest BCUT2D eigenvalue weighted by Crippen LogP contribution is 2.26.